The van der Waals surface area contributed by atoms with Gasteiger partial charge in [-0.15, -0.1) is 0 Å². The van der Waals surface area contributed by atoms with Gasteiger partial charge in [0.05, 0.1) is 12.1 Å². The Morgan fingerprint density at radius 2 is 1.62 bits per heavy atom. The monoisotopic (exact) mass is 539 g/mol. The largest absolute Gasteiger partial charge is 0.351 e. The van der Waals surface area contributed by atoms with Gasteiger partial charge in [-0.3, -0.25) is 9.69 Å². The fourth-order valence-corrected chi connectivity index (χ4v) is 4.86. The van der Waals surface area contributed by atoms with Gasteiger partial charge in [-0.2, -0.15) is 0 Å². The van der Waals surface area contributed by atoms with Crippen molar-refractivity contribution in [3.63, 3.8) is 0 Å². The van der Waals surface area contributed by atoms with E-state index in [1.807, 2.05) is 54.6 Å². The maximum absolute atomic E-state index is 12.6. The zero-order valence-corrected chi connectivity index (χ0v) is 23.3. The van der Waals surface area contributed by atoms with Gasteiger partial charge in [-0.1, -0.05) is 26.0 Å². The summed E-state index contributed by atoms with van der Waals surface area (Å²) in [6, 6.07) is 17.4. The highest BCUT2D eigenvalue weighted by Gasteiger charge is 2.20. The van der Waals surface area contributed by atoms with Gasteiger partial charge in [-0.25, -0.2) is 19.9 Å². The van der Waals surface area contributed by atoms with E-state index in [9.17, 15) is 4.79 Å². The summed E-state index contributed by atoms with van der Waals surface area (Å²) in [6.45, 7) is 11.8. The number of carbonyl (C=O) groups is 1. The lowest BCUT2D eigenvalue weighted by atomic mass is 10.2. The minimum Gasteiger partial charge on any atom is -0.351 e. The van der Waals surface area contributed by atoms with Crippen molar-refractivity contribution in [2.24, 2.45) is 0 Å². The van der Waals surface area contributed by atoms with Gasteiger partial charge in [0.2, 0.25) is 5.95 Å². The molecule has 1 amide bonds. The number of hydrogen-bond donors (Lipinski definition) is 2. The summed E-state index contributed by atoms with van der Waals surface area (Å²) in [5, 5.41) is 7.43. The molecule has 10 nitrogen and oxygen atoms in total. The average Bonchev–Trinajstić information content (AvgIpc) is 3.00. The van der Waals surface area contributed by atoms with Crippen LogP contribution in [0.2, 0.25) is 0 Å². The predicted octanol–water partition coefficient (Wildman–Crippen LogP) is 3.56. The summed E-state index contributed by atoms with van der Waals surface area (Å²) < 4.78 is 0. The van der Waals surface area contributed by atoms with Crippen molar-refractivity contribution in [3.05, 3.63) is 78.4 Å². The second-order valence-electron chi connectivity index (χ2n) is 9.80. The molecule has 2 aromatic carbocycles. The Hall–Kier alpha value is -4.15. The van der Waals surface area contributed by atoms with Crippen molar-refractivity contribution in [2.75, 3.05) is 62.6 Å². The number of para-hydroxylation sites is 1. The third-order valence-electron chi connectivity index (χ3n) is 7.24. The van der Waals surface area contributed by atoms with Crippen molar-refractivity contribution < 1.29 is 4.79 Å². The van der Waals surface area contributed by atoms with E-state index in [-0.39, 0.29) is 5.91 Å². The van der Waals surface area contributed by atoms with Gasteiger partial charge >= 0.3 is 0 Å². The van der Waals surface area contributed by atoms with Crippen LogP contribution in [0.4, 0.5) is 17.5 Å². The first-order valence-corrected chi connectivity index (χ1v) is 14.0. The molecule has 1 aliphatic rings. The lowest BCUT2D eigenvalue weighted by Crippen LogP contribution is -2.46. The zero-order valence-electron chi connectivity index (χ0n) is 23.3. The molecular weight excluding hydrogens is 502 g/mol. The van der Waals surface area contributed by atoms with E-state index >= 15 is 0 Å². The molecule has 0 radical (unpaired) electrons. The van der Waals surface area contributed by atoms with Crippen molar-refractivity contribution in [1.82, 2.24) is 35.1 Å². The number of rotatable bonds is 11. The Labute approximate surface area is 235 Å². The highest BCUT2D eigenvalue weighted by molar-refractivity contribution is 5.95. The van der Waals surface area contributed by atoms with Gasteiger partial charge in [-0.05, 0) is 55.6 Å². The molecular formula is C30H37N9O. The average molecular weight is 540 g/mol. The van der Waals surface area contributed by atoms with Crippen LogP contribution in [0.3, 0.4) is 0 Å². The fraction of sp³-hybridized carbons (Fsp3) is 0.367. The van der Waals surface area contributed by atoms with E-state index < -0.39 is 0 Å². The maximum atomic E-state index is 12.6. The Morgan fingerprint density at radius 1 is 0.900 bits per heavy atom. The van der Waals surface area contributed by atoms with Crippen LogP contribution in [-0.4, -0.2) is 88.0 Å². The first-order valence-electron chi connectivity index (χ1n) is 14.0. The van der Waals surface area contributed by atoms with Gasteiger partial charge in [0, 0.05) is 68.3 Å². The van der Waals surface area contributed by atoms with Crippen molar-refractivity contribution >= 4 is 34.3 Å². The minimum atomic E-state index is -0.0626. The number of benzene rings is 2. The van der Waals surface area contributed by atoms with E-state index in [0.717, 1.165) is 80.0 Å². The summed E-state index contributed by atoms with van der Waals surface area (Å²) in [5.41, 5.74) is 2.40. The van der Waals surface area contributed by atoms with Gasteiger partial charge in [0.15, 0.2) is 0 Å². The molecule has 1 fully saturated rings. The smallest absolute Gasteiger partial charge is 0.251 e. The molecule has 40 heavy (non-hydrogen) atoms. The number of aromatic nitrogens is 4. The minimum absolute atomic E-state index is 0.0626. The Morgan fingerprint density at radius 3 is 2.35 bits per heavy atom. The van der Waals surface area contributed by atoms with Crippen LogP contribution in [0, 0.1) is 0 Å². The molecule has 10 heteroatoms. The van der Waals surface area contributed by atoms with Crippen molar-refractivity contribution in [1.29, 1.82) is 0 Å². The van der Waals surface area contributed by atoms with Crippen LogP contribution in [0.5, 0.6) is 0 Å². The number of hydrogen-bond acceptors (Lipinski definition) is 9. The van der Waals surface area contributed by atoms with Crippen molar-refractivity contribution in [3.8, 4) is 0 Å². The molecule has 4 aromatic rings. The van der Waals surface area contributed by atoms with E-state index in [1.165, 1.54) is 0 Å². The number of carbonyl (C=O) groups excluding carboxylic acids is 1. The maximum Gasteiger partial charge on any atom is 0.251 e. The van der Waals surface area contributed by atoms with Gasteiger partial charge in [0.25, 0.3) is 5.91 Å². The third kappa shape index (κ3) is 6.88. The molecule has 2 aromatic heterocycles. The molecule has 0 spiro atoms. The Balaban J connectivity index is 1.23. The second kappa shape index (κ2) is 13.3. The molecule has 0 aliphatic carbocycles. The number of nitrogens with one attached hydrogen (secondary N) is 2. The number of anilines is 3. The molecule has 0 atom stereocenters. The van der Waals surface area contributed by atoms with Crippen LogP contribution in [-0.2, 0) is 6.54 Å². The predicted molar refractivity (Wildman–Crippen MR) is 159 cm³/mol. The molecule has 0 unspecified atom stereocenters. The second-order valence-corrected chi connectivity index (χ2v) is 9.80. The summed E-state index contributed by atoms with van der Waals surface area (Å²) in [6.07, 6.45) is 3.56. The fourth-order valence-electron chi connectivity index (χ4n) is 4.86. The first-order chi connectivity index (χ1) is 19.6. The topological polar surface area (TPSA) is 102 Å². The number of amides is 1. The van der Waals surface area contributed by atoms with E-state index in [2.05, 4.69) is 49.1 Å². The quantitative estimate of drug-likeness (QED) is 0.296. The van der Waals surface area contributed by atoms with Gasteiger partial charge in [0.1, 0.15) is 11.6 Å². The van der Waals surface area contributed by atoms with Crippen LogP contribution in [0.1, 0.15) is 30.0 Å². The number of likely N-dealkylation sites (N-methyl/N-ethyl adjacent to an activating group) is 1. The molecule has 1 aliphatic heterocycles. The van der Waals surface area contributed by atoms with Crippen LogP contribution < -0.4 is 15.5 Å². The summed E-state index contributed by atoms with van der Waals surface area (Å²) in [5.74, 6) is 2.24. The van der Waals surface area contributed by atoms with Crippen LogP contribution in [0.15, 0.2) is 67.0 Å². The van der Waals surface area contributed by atoms with Crippen molar-refractivity contribution in [2.45, 2.75) is 20.4 Å². The lowest BCUT2D eigenvalue weighted by Gasteiger charge is -2.34. The van der Waals surface area contributed by atoms with Crippen LogP contribution >= 0.6 is 0 Å². The number of nitrogens with zero attached hydrogens (tertiary/aromatic N) is 7. The summed E-state index contributed by atoms with van der Waals surface area (Å²) >= 11 is 0. The highest BCUT2D eigenvalue weighted by atomic mass is 16.1. The highest BCUT2D eigenvalue weighted by Crippen LogP contribution is 2.25. The molecule has 0 bridgehead atoms. The molecule has 0 saturated carbocycles. The van der Waals surface area contributed by atoms with Crippen LogP contribution in [0.25, 0.3) is 10.9 Å². The zero-order chi connectivity index (χ0) is 27.7. The molecule has 2 N–H and O–H groups in total. The van der Waals surface area contributed by atoms with E-state index in [1.54, 1.807) is 12.4 Å². The molecule has 208 valence electrons. The standard InChI is InChI=1S/C30H37N9O/c1-3-37(4-2)17-16-31-29(40)23-10-12-24(13-11-23)34-28-25-8-5-6-9-26(25)35-27(36-28)22-38-18-20-39(21-19-38)30-32-14-7-15-33-30/h5-15H,3-4,16-22H2,1-2H3,(H,31,40)(H,34,35,36). The molecule has 5 rings (SSSR count). The Bertz CT molecular complexity index is 1390. The molecule has 3 heterocycles. The number of piperazine rings is 1. The summed E-state index contributed by atoms with van der Waals surface area (Å²) in [7, 11) is 0. The Kier molecular flexibility index (Phi) is 9.10. The lowest BCUT2D eigenvalue weighted by molar-refractivity contribution is 0.0949. The van der Waals surface area contributed by atoms with Gasteiger partial charge < -0.3 is 20.4 Å². The van der Waals surface area contributed by atoms with E-state index in [4.69, 9.17) is 9.97 Å². The normalized spacial score (nSPS) is 14.0. The number of fused-ring (bicyclic) bond motifs is 1. The molecule has 1 saturated heterocycles. The third-order valence-corrected chi connectivity index (χ3v) is 7.24. The SMILES string of the molecule is CCN(CC)CCNC(=O)c1ccc(Nc2nc(CN3CCN(c4ncccn4)CC3)nc3ccccc23)cc1. The first kappa shape index (κ1) is 27.4. The van der Waals surface area contributed by atoms with E-state index in [0.29, 0.717) is 18.7 Å². The summed E-state index contributed by atoms with van der Waals surface area (Å²) in [4.78, 5) is 38.0.